The summed E-state index contributed by atoms with van der Waals surface area (Å²) in [6.45, 7) is 3.87. The maximum atomic E-state index is 12.4. The van der Waals surface area contributed by atoms with Gasteiger partial charge in [0.15, 0.2) is 5.75 Å². The maximum Gasteiger partial charge on any atom is 0.319 e. The summed E-state index contributed by atoms with van der Waals surface area (Å²) in [6.07, 6.45) is 1.57. The Bertz CT molecular complexity index is 836. The highest BCUT2D eigenvalue weighted by Gasteiger charge is 2.21. The number of halogens is 1. The van der Waals surface area contributed by atoms with Crippen LogP contribution < -0.4 is 20.7 Å². The van der Waals surface area contributed by atoms with E-state index >= 15 is 0 Å². The molecule has 0 radical (unpaired) electrons. The molecule has 0 saturated heterocycles. The summed E-state index contributed by atoms with van der Waals surface area (Å²) < 4.78 is 5.77. The number of carbonyl (C=O) groups excluding carboxylic acids is 2. The molecule has 0 fully saturated rings. The van der Waals surface area contributed by atoms with Crippen molar-refractivity contribution >= 4 is 34.9 Å². The molecule has 1 aliphatic rings. The molecular weight excluding hydrogens is 330 g/mol. The van der Waals surface area contributed by atoms with Crippen molar-refractivity contribution in [1.29, 1.82) is 0 Å². The average Bonchev–Trinajstić information content (AvgIpc) is 2.69. The number of urea groups is 1. The molecular formula is C17H14ClN3O3. The highest BCUT2D eigenvalue weighted by atomic mass is 35.5. The highest BCUT2D eigenvalue weighted by Crippen LogP contribution is 2.37. The molecule has 7 heteroatoms. The van der Waals surface area contributed by atoms with Crippen molar-refractivity contribution in [1.82, 2.24) is 5.32 Å². The summed E-state index contributed by atoms with van der Waals surface area (Å²) >= 11 is 5.94. The van der Waals surface area contributed by atoms with Gasteiger partial charge in [0.05, 0.1) is 11.3 Å². The second-order valence-electron chi connectivity index (χ2n) is 5.03. The number of ether oxygens (including phenoxy) is 1. The van der Waals surface area contributed by atoms with Gasteiger partial charge in [-0.3, -0.25) is 4.79 Å². The predicted molar refractivity (Wildman–Crippen MR) is 93.1 cm³/mol. The largest absolute Gasteiger partial charge is 0.454 e. The van der Waals surface area contributed by atoms with Crippen molar-refractivity contribution < 1.29 is 14.3 Å². The van der Waals surface area contributed by atoms with Gasteiger partial charge in [0.1, 0.15) is 5.75 Å². The van der Waals surface area contributed by atoms with E-state index in [-0.39, 0.29) is 11.9 Å². The normalized spacial score (nSPS) is 12.0. The van der Waals surface area contributed by atoms with E-state index in [1.165, 1.54) is 0 Å². The monoisotopic (exact) mass is 343 g/mol. The van der Waals surface area contributed by atoms with E-state index in [1.807, 2.05) is 0 Å². The summed E-state index contributed by atoms with van der Waals surface area (Å²) in [4.78, 5) is 24.1. The van der Waals surface area contributed by atoms with E-state index in [1.54, 1.807) is 42.5 Å². The van der Waals surface area contributed by atoms with Crippen molar-refractivity contribution in [2.75, 3.05) is 17.2 Å². The van der Waals surface area contributed by atoms with Crippen LogP contribution in [0, 0.1) is 0 Å². The number of nitrogens with one attached hydrogen (secondary N) is 3. The minimum absolute atomic E-state index is 0.309. The fraction of sp³-hybridized carbons (Fsp3) is 0.0588. The van der Waals surface area contributed by atoms with Gasteiger partial charge in [0.2, 0.25) is 0 Å². The van der Waals surface area contributed by atoms with Crippen molar-refractivity contribution in [3.63, 3.8) is 0 Å². The predicted octanol–water partition coefficient (Wildman–Crippen LogP) is 4.01. The average molecular weight is 344 g/mol. The summed E-state index contributed by atoms with van der Waals surface area (Å²) in [5, 5.41) is 8.47. The molecule has 3 N–H and O–H groups in total. The van der Waals surface area contributed by atoms with E-state index < -0.39 is 0 Å². The molecule has 3 rings (SSSR count). The van der Waals surface area contributed by atoms with Crippen LogP contribution >= 0.6 is 11.6 Å². The van der Waals surface area contributed by atoms with Gasteiger partial charge in [0.25, 0.3) is 5.91 Å². The lowest BCUT2D eigenvalue weighted by atomic mass is 10.1. The summed E-state index contributed by atoms with van der Waals surface area (Å²) in [5.41, 5.74) is 1.27. The summed E-state index contributed by atoms with van der Waals surface area (Å²) in [6, 6.07) is 9.41. The zero-order valence-electron chi connectivity index (χ0n) is 12.6. The molecule has 1 heterocycles. The molecule has 6 nitrogen and oxygen atoms in total. The molecule has 0 unspecified atom stereocenters. The van der Waals surface area contributed by atoms with Gasteiger partial charge in [-0.05, 0) is 36.4 Å². The standard InChI is InChI=1S/C17H14ClN3O3/c1-2-7-19-17(23)20-11-4-6-14-12(9-11)16(22)21-13-8-10(18)3-5-15(13)24-14/h2-6,8-9H,1,7H2,(H,21,22)(H2,19,20,23). The minimum Gasteiger partial charge on any atom is -0.454 e. The van der Waals surface area contributed by atoms with Crippen LogP contribution in [0.15, 0.2) is 49.1 Å². The van der Waals surface area contributed by atoms with E-state index in [0.717, 1.165) is 0 Å². The van der Waals surface area contributed by atoms with Crippen LogP contribution in [0.25, 0.3) is 0 Å². The number of anilines is 2. The van der Waals surface area contributed by atoms with Gasteiger partial charge in [0, 0.05) is 17.3 Å². The fourth-order valence-corrected chi connectivity index (χ4v) is 2.38. The van der Waals surface area contributed by atoms with Crippen LogP contribution in [0.3, 0.4) is 0 Å². The number of benzene rings is 2. The Morgan fingerprint density at radius 2 is 2.04 bits per heavy atom. The molecule has 0 saturated carbocycles. The van der Waals surface area contributed by atoms with Gasteiger partial charge in [-0.15, -0.1) is 6.58 Å². The second kappa shape index (κ2) is 6.64. The van der Waals surface area contributed by atoms with Crippen molar-refractivity contribution in [2.24, 2.45) is 0 Å². The first kappa shape index (κ1) is 15.9. The zero-order valence-corrected chi connectivity index (χ0v) is 13.3. The van der Waals surface area contributed by atoms with E-state index in [9.17, 15) is 9.59 Å². The second-order valence-corrected chi connectivity index (χ2v) is 5.47. The minimum atomic E-state index is -0.389. The van der Waals surface area contributed by atoms with Gasteiger partial charge >= 0.3 is 6.03 Å². The van der Waals surface area contributed by atoms with Crippen molar-refractivity contribution in [3.05, 3.63) is 59.6 Å². The Labute approximate surface area is 143 Å². The third-order valence-electron chi connectivity index (χ3n) is 3.30. The van der Waals surface area contributed by atoms with Gasteiger partial charge in [-0.1, -0.05) is 17.7 Å². The van der Waals surface area contributed by atoms with Crippen LogP contribution in [0.5, 0.6) is 11.5 Å². The molecule has 3 amide bonds. The van der Waals surface area contributed by atoms with E-state index in [4.69, 9.17) is 16.3 Å². The lowest BCUT2D eigenvalue weighted by Crippen LogP contribution is -2.28. The number of amides is 3. The van der Waals surface area contributed by atoms with Crippen molar-refractivity contribution in [3.8, 4) is 11.5 Å². The quantitative estimate of drug-likeness (QED) is 0.737. The van der Waals surface area contributed by atoms with Gasteiger partial charge in [-0.25, -0.2) is 4.79 Å². The SMILES string of the molecule is C=CCNC(=O)Nc1ccc2c(c1)C(=O)Nc1cc(Cl)ccc1O2. The molecule has 0 atom stereocenters. The summed E-state index contributed by atoms with van der Waals surface area (Å²) in [7, 11) is 0. The van der Waals surface area contributed by atoms with E-state index in [2.05, 4.69) is 22.5 Å². The van der Waals surface area contributed by atoms with Crippen LogP contribution in [-0.2, 0) is 0 Å². The lowest BCUT2D eigenvalue weighted by molar-refractivity contribution is 0.102. The number of rotatable bonds is 3. The number of hydrogen-bond donors (Lipinski definition) is 3. The van der Waals surface area contributed by atoms with E-state index in [0.29, 0.717) is 40.0 Å². The molecule has 2 aromatic rings. The fourth-order valence-electron chi connectivity index (χ4n) is 2.21. The van der Waals surface area contributed by atoms with Crippen LogP contribution in [0.4, 0.5) is 16.2 Å². The van der Waals surface area contributed by atoms with Gasteiger partial charge in [-0.2, -0.15) is 0 Å². The molecule has 0 aromatic heterocycles. The molecule has 24 heavy (non-hydrogen) atoms. The Kier molecular flexibility index (Phi) is 4.39. The first-order valence-electron chi connectivity index (χ1n) is 7.15. The molecule has 0 bridgehead atoms. The highest BCUT2D eigenvalue weighted by molar-refractivity contribution is 6.31. The van der Waals surface area contributed by atoms with Crippen LogP contribution in [-0.4, -0.2) is 18.5 Å². The first-order valence-corrected chi connectivity index (χ1v) is 7.53. The Morgan fingerprint density at radius 1 is 1.25 bits per heavy atom. The Morgan fingerprint density at radius 3 is 2.83 bits per heavy atom. The first-order chi connectivity index (χ1) is 11.6. The molecule has 1 aliphatic heterocycles. The third-order valence-corrected chi connectivity index (χ3v) is 3.53. The van der Waals surface area contributed by atoms with Crippen LogP contribution in [0.2, 0.25) is 5.02 Å². The Balaban J connectivity index is 1.87. The topological polar surface area (TPSA) is 79.5 Å². The van der Waals surface area contributed by atoms with Gasteiger partial charge < -0.3 is 20.7 Å². The third kappa shape index (κ3) is 3.33. The molecule has 2 aromatic carbocycles. The molecule has 122 valence electrons. The number of hydrogen-bond acceptors (Lipinski definition) is 3. The Hall–Kier alpha value is -2.99. The smallest absolute Gasteiger partial charge is 0.319 e. The zero-order chi connectivity index (χ0) is 17.1. The molecule has 0 spiro atoms. The number of fused-ring (bicyclic) bond motifs is 2. The van der Waals surface area contributed by atoms with Crippen LogP contribution in [0.1, 0.15) is 10.4 Å². The van der Waals surface area contributed by atoms with Crippen molar-refractivity contribution in [2.45, 2.75) is 0 Å². The summed E-state index contributed by atoms with van der Waals surface area (Å²) in [5.74, 6) is 0.544. The number of carbonyl (C=O) groups is 2. The lowest BCUT2D eigenvalue weighted by Gasteiger charge is -2.10. The maximum absolute atomic E-state index is 12.4. The molecule has 0 aliphatic carbocycles.